The van der Waals surface area contributed by atoms with Crippen molar-refractivity contribution in [2.45, 2.75) is 25.9 Å². The van der Waals surface area contributed by atoms with Gasteiger partial charge in [0, 0.05) is 12.0 Å². The van der Waals surface area contributed by atoms with E-state index < -0.39 is 6.10 Å². The zero-order valence-electron chi connectivity index (χ0n) is 13.6. The largest absolute Gasteiger partial charge is 0.493 e. The lowest BCUT2D eigenvalue weighted by Gasteiger charge is -2.26. The number of hydrogen-bond acceptors (Lipinski definition) is 4. The van der Waals surface area contributed by atoms with E-state index in [1.54, 1.807) is 0 Å². The van der Waals surface area contributed by atoms with Gasteiger partial charge in [-0.05, 0) is 43.2 Å². The highest BCUT2D eigenvalue weighted by Gasteiger charge is 2.29. The summed E-state index contributed by atoms with van der Waals surface area (Å²) < 4.78 is 11.3. The number of ketones is 1. The number of carbonyl (C=O) groups is 1. The van der Waals surface area contributed by atoms with Crippen LogP contribution in [0.1, 0.15) is 39.6 Å². The van der Waals surface area contributed by atoms with Crippen LogP contribution in [-0.2, 0) is 6.42 Å². The molecule has 0 aromatic heterocycles. The molecule has 0 aliphatic carbocycles. The van der Waals surface area contributed by atoms with Crippen LogP contribution in [0.4, 0.5) is 0 Å². The monoisotopic (exact) mass is 324 g/mol. The van der Waals surface area contributed by atoms with Crippen molar-refractivity contribution >= 4 is 5.78 Å². The van der Waals surface area contributed by atoms with Crippen LogP contribution in [0.3, 0.4) is 0 Å². The van der Waals surface area contributed by atoms with Gasteiger partial charge in [0.2, 0.25) is 0 Å². The lowest BCUT2D eigenvalue weighted by atomic mass is 9.88. The summed E-state index contributed by atoms with van der Waals surface area (Å²) in [7, 11) is 0. The van der Waals surface area contributed by atoms with Gasteiger partial charge in [-0.3, -0.25) is 4.79 Å². The first-order chi connectivity index (χ1) is 11.6. The second-order valence-electron chi connectivity index (χ2n) is 6.60. The number of aliphatic hydroxyl groups is 1. The zero-order valence-corrected chi connectivity index (χ0v) is 13.6. The first kappa shape index (κ1) is 15.2. The zero-order chi connectivity index (χ0) is 16.7. The molecular weight excluding hydrogens is 304 g/mol. The minimum Gasteiger partial charge on any atom is -0.493 e. The lowest BCUT2D eigenvalue weighted by molar-refractivity contribution is 0.0830. The van der Waals surface area contributed by atoms with Gasteiger partial charge in [-0.1, -0.05) is 17.7 Å². The number of rotatable bonds is 2. The van der Waals surface area contributed by atoms with Gasteiger partial charge < -0.3 is 14.6 Å². The number of benzene rings is 2. The fourth-order valence-corrected chi connectivity index (χ4v) is 3.44. The Morgan fingerprint density at radius 1 is 1.12 bits per heavy atom. The number of hydrogen-bond donors (Lipinski definition) is 1. The van der Waals surface area contributed by atoms with Crippen LogP contribution in [0.5, 0.6) is 11.5 Å². The molecule has 4 rings (SSSR count). The Labute approximate surface area is 141 Å². The van der Waals surface area contributed by atoms with Crippen molar-refractivity contribution in [1.82, 2.24) is 0 Å². The first-order valence-electron chi connectivity index (χ1n) is 8.33. The molecule has 0 spiro atoms. The molecule has 2 unspecified atom stereocenters. The van der Waals surface area contributed by atoms with Crippen molar-refractivity contribution in [2.24, 2.45) is 5.92 Å². The van der Waals surface area contributed by atoms with Crippen molar-refractivity contribution < 1.29 is 19.4 Å². The van der Waals surface area contributed by atoms with Gasteiger partial charge >= 0.3 is 0 Å². The van der Waals surface area contributed by atoms with E-state index in [1.807, 2.05) is 43.3 Å². The molecule has 2 heterocycles. The molecule has 124 valence electrons. The smallest absolute Gasteiger partial charge is 0.173 e. The highest BCUT2D eigenvalue weighted by Crippen LogP contribution is 2.34. The Morgan fingerprint density at radius 2 is 1.96 bits per heavy atom. The Balaban J connectivity index is 1.58. The molecule has 2 aliphatic heterocycles. The molecular formula is C20H20O4. The summed E-state index contributed by atoms with van der Waals surface area (Å²) in [6, 6.07) is 11.5. The Morgan fingerprint density at radius 3 is 2.83 bits per heavy atom. The van der Waals surface area contributed by atoms with E-state index in [1.165, 1.54) is 0 Å². The van der Waals surface area contributed by atoms with Crippen LogP contribution in [0.25, 0.3) is 0 Å². The molecule has 2 atom stereocenters. The van der Waals surface area contributed by atoms with Gasteiger partial charge in [0.15, 0.2) is 5.78 Å². The summed E-state index contributed by atoms with van der Waals surface area (Å²) in [5.41, 5.74) is 3.57. The van der Waals surface area contributed by atoms with Crippen molar-refractivity contribution in [1.29, 1.82) is 0 Å². The van der Waals surface area contributed by atoms with E-state index in [9.17, 15) is 9.90 Å². The van der Waals surface area contributed by atoms with E-state index >= 15 is 0 Å². The van der Waals surface area contributed by atoms with Gasteiger partial charge in [-0.25, -0.2) is 0 Å². The highest BCUT2D eigenvalue weighted by atomic mass is 16.5. The van der Waals surface area contributed by atoms with Crippen LogP contribution in [0.2, 0.25) is 0 Å². The molecule has 0 saturated carbocycles. The van der Waals surface area contributed by atoms with Gasteiger partial charge in [-0.15, -0.1) is 0 Å². The van der Waals surface area contributed by atoms with Crippen LogP contribution in [0.15, 0.2) is 36.4 Å². The minimum atomic E-state index is -0.490. The molecule has 0 radical (unpaired) electrons. The van der Waals surface area contributed by atoms with Crippen molar-refractivity contribution in [3.05, 3.63) is 58.7 Å². The van der Waals surface area contributed by atoms with Gasteiger partial charge in [0.05, 0.1) is 30.8 Å². The maximum absolute atomic E-state index is 12.8. The number of aryl methyl sites for hydroxylation is 1. The van der Waals surface area contributed by atoms with Gasteiger partial charge in [0.1, 0.15) is 11.5 Å². The molecule has 24 heavy (non-hydrogen) atoms. The summed E-state index contributed by atoms with van der Waals surface area (Å²) in [5, 5.41) is 10.1. The number of ether oxygens (including phenoxy) is 2. The van der Waals surface area contributed by atoms with Crippen LogP contribution in [0, 0.1) is 12.8 Å². The molecule has 4 heteroatoms. The van der Waals surface area contributed by atoms with Crippen molar-refractivity contribution in [3.63, 3.8) is 0 Å². The molecule has 2 aliphatic rings. The van der Waals surface area contributed by atoms with Crippen LogP contribution >= 0.6 is 0 Å². The van der Waals surface area contributed by atoms with Crippen molar-refractivity contribution in [2.75, 3.05) is 13.2 Å². The molecule has 1 N–H and O–H groups in total. The van der Waals surface area contributed by atoms with E-state index in [4.69, 9.17) is 9.47 Å². The predicted octanol–water partition coefficient (Wildman–Crippen LogP) is 3.24. The van der Waals surface area contributed by atoms with E-state index in [0.717, 1.165) is 22.4 Å². The van der Waals surface area contributed by atoms with Crippen LogP contribution in [-0.4, -0.2) is 24.1 Å². The highest BCUT2D eigenvalue weighted by molar-refractivity contribution is 6.01. The normalized spacial score (nSPS) is 22.2. The van der Waals surface area contributed by atoms with Crippen LogP contribution < -0.4 is 9.47 Å². The number of fused-ring (bicyclic) bond motifs is 2. The Kier molecular flexibility index (Phi) is 3.77. The maximum Gasteiger partial charge on any atom is 0.173 e. The third-order valence-electron chi connectivity index (χ3n) is 4.78. The standard InChI is InChI=1S/C20H20O4/c1-12-2-4-19-16(8-12)20(22)14(11-24-19)9-13-3-5-18-15(10-13)17(21)6-7-23-18/h2-5,8,10,14,17,21H,6-7,9,11H2,1H3. The lowest BCUT2D eigenvalue weighted by Crippen LogP contribution is -2.29. The van der Waals surface area contributed by atoms with Crippen molar-refractivity contribution in [3.8, 4) is 11.5 Å². The Bertz CT molecular complexity index is 796. The molecule has 0 amide bonds. The second-order valence-corrected chi connectivity index (χ2v) is 6.60. The van der Waals surface area contributed by atoms with Gasteiger partial charge in [-0.2, -0.15) is 0 Å². The summed E-state index contributed by atoms with van der Waals surface area (Å²) in [4.78, 5) is 12.8. The quantitative estimate of drug-likeness (QED) is 0.921. The molecule has 4 nitrogen and oxygen atoms in total. The number of carbonyl (C=O) groups excluding carboxylic acids is 1. The van der Waals surface area contributed by atoms with E-state index in [2.05, 4.69) is 0 Å². The third-order valence-corrected chi connectivity index (χ3v) is 4.78. The predicted molar refractivity (Wildman–Crippen MR) is 89.7 cm³/mol. The number of Topliss-reactive ketones (excluding diaryl/α,β-unsaturated/α-hetero) is 1. The summed E-state index contributed by atoms with van der Waals surface area (Å²) in [6.07, 6.45) is 0.719. The molecule has 0 saturated heterocycles. The maximum atomic E-state index is 12.8. The fraction of sp³-hybridized carbons (Fsp3) is 0.350. The fourth-order valence-electron chi connectivity index (χ4n) is 3.44. The SMILES string of the molecule is Cc1ccc2c(c1)C(=O)C(Cc1ccc3c(c1)C(O)CCO3)CO2. The van der Waals surface area contributed by atoms with E-state index in [0.29, 0.717) is 37.4 Å². The average molecular weight is 324 g/mol. The molecule has 0 bridgehead atoms. The summed E-state index contributed by atoms with van der Waals surface area (Å²) >= 11 is 0. The first-order valence-corrected chi connectivity index (χ1v) is 8.33. The van der Waals surface area contributed by atoms with E-state index in [-0.39, 0.29) is 11.7 Å². The Hall–Kier alpha value is -2.33. The second kappa shape index (κ2) is 5.95. The molecule has 2 aromatic carbocycles. The number of aliphatic hydroxyl groups excluding tert-OH is 1. The summed E-state index contributed by atoms with van der Waals surface area (Å²) in [6.45, 7) is 2.91. The topological polar surface area (TPSA) is 55.8 Å². The average Bonchev–Trinajstić information content (AvgIpc) is 2.59. The van der Waals surface area contributed by atoms with Gasteiger partial charge in [0.25, 0.3) is 0 Å². The minimum absolute atomic E-state index is 0.134. The molecule has 2 aromatic rings. The summed E-state index contributed by atoms with van der Waals surface area (Å²) in [5.74, 6) is 1.36. The third kappa shape index (κ3) is 2.67. The molecule has 0 fully saturated rings.